The second-order valence-corrected chi connectivity index (χ2v) is 15.1. The third kappa shape index (κ3) is 34.5. The maximum atomic E-state index is 5.04. The van der Waals surface area contributed by atoms with E-state index in [9.17, 15) is 0 Å². The molecule has 0 spiro atoms. The monoisotopic (exact) mass is 809 g/mol. The second kappa shape index (κ2) is 42.1. The number of hydrogen-bond donors (Lipinski definition) is 0. The fourth-order valence-electron chi connectivity index (χ4n) is 7.03. The van der Waals surface area contributed by atoms with Gasteiger partial charge in [0.2, 0.25) is 6.33 Å². The van der Waals surface area contributed by atoms with Crippen LogP contribution in [0.5, 0.6) is 0 Å². The highest BCUT2D eigenvalue weighted by Crippen LogP contribution is 2.26. The van der Waals surface area contributed by atoms with E-state index in [1.165, 1.54) is 180 Å². The minimum Gasteiger partial charge on any atom is -1.00 e. The van der Waals surface area contributed by atoms with Crippen LogP contribution in [0.25, 0.3) is 0 Å². The Kier molecular flexibility index (Phi) is 39.1. The molecule has 0 radical (unpaired) electrons. The largest absolute Gasteiger partial charge is 1.00 e. The normalized spacial score (nSPS) is 9.98. The maximum absolute atomic E-state index is 5.04. The van der Waals surface area contributed by atoms with Crippen LogP contribution in [-0.4, -0.2) is 4.57 Å². The maximum Gasteiger partial charge on any atom is 0.244 e. The molecule has 0 saturated heterocycles. The van der Waals surface area contributed by atoms with Gasteiger partial charge >= 0.3 is 0 Å². The highest BCUT2D eigenvalue weighted by molar-refractivity contribution is 5.45. The van der Waals surface area contributed by atoms with Crippen molar-refractivity contribution in [1.82, 2.24) is 4.57 Å². The van der Waals surface area contributed by atoms with E-state index in [1.807, 2.05) is 0 Å². The number of aryl methyl sites for hydroxylation is 1. The van der Waals surface area contributed by atoms with Crippen LogP contribution in [0.2, 0.25) is 0 Å². The van der Waals surface area contributed by atoms with Crippen molar-refractivity contribution >= 4 is 0 Å². The summed E-state index contributed by atoms with van der Waals surface area (Å²) in [6, 6.07) is 0.101. The molecule has 0 aliphatic heterocycles. The second-order valence-electron chi connectivity index (χ2n) is 15.1. The molecule has 0 fully saturated rings. The van der Waals surface area contributed by atoms with Crippen molar-refractivity contribution in [1.29, 1.82) is 0 Å². The smallest absolute Gasteiger partial charge is 0.244 e. The number of aromatic nitrogens is 2. The zero-order chi connectivity index (χ0) is 39.5. The van der Waals surface area contributed by atoms with E-state index >= 15 is 0 Å². The lowest BCUT2D eigenvalue weighted by Gasteiger charge is -2.18. The lowest BCUT2D eigenvalue weighted by Crippen LogP contribution is -3.00. The van der Waals surface area contributed by atoms with Gasteiger partial charge < -0.3 is 12.4 Å². The zero-order valence-electron chi connectivity index (χ0n) is 35.7. The van der Waals surface area contributed by atoms with E-state index in [0.717, 1.165) is 12.3 Å². The van der Waals surface area contributed by atoms with Crippen LogP contribution < -0.4 is 17.0 Å². The Bertz CT molecular complexity index is 1640. The summed E-state index contributed by atoms with van der Waals surface area (Å²) in [5.74, 6) is 41.0. The van der Waals surface area contributed by atoms with Gasteiger partial charge in [-0.3, -0.25) is 0 Å². The number of halogens is 1. The van der Waals surface area contributed by atoms with E-state index < -0.39 is 0 Å². The number of rotatable bonds is 31. The summed E-state index contributed by atoms with van der Waals surface area (Å²) in [4.78, 5) is 0. The zero-order valence-corrected chi connectivity index (χ0v) is 36.5. The molecule has 0 aromatic carbocycles. The molecule has 0 N–H and O–H groups in total. The summed E-state index contributed by atoms with van der Waals surface area (Å²) in [6.45, 7) is 4.60. The Balaban J connectivity index is -0.0000000937. The summed E-state index contributed by atoms with van der Waals surface area (Å²) >= 11 is 0. The van der Waals surface area contributed by atoms with Crippen LogP contribution in [0.3, 0.4) is 0 Å². The summed E-state index contributed by atoms with van der Waals surface area (Å²) in [7, 11) is 2.06. The van der Waals surface area contributed by atoms with Gasteiger partial charge in [0.05, 0.1) is 7.05 Å². The minimum atomic E-state index is 0. The van der Waals surface area contributed by atoms with E-state index in [-0.39, 0.29) is 44.1 Å². The van der Waals surface area contributed by atoms with Gasteiger partial charge in [-0.15, -0.1) is 6.42 Å². The van der Waals surface area contributed by atoms with Crippen LogP contribution >= 0.6 is 0 Å². The Morgan fingerprint density at radius 1 is 0.464 bits per heavy atom. The number of unbranched alkanes of at least 4 members (excludes halogenated alkanes) is 22. The quantitative estimate of drug-likeness (QED) is 0.0401. The summed E-state index contributed by atoms with van der Waals surface area (Å²) in [5, 5.41) is 0. The molecule has 0 amide bonds. The molecule has 1 rings (SSSR count). The van der Waals surface area contributed by atoms with Gasteiger partial charge in [-0.25, -0.2) is 9.13 Å². The van der Waals surface area contributed by atoms with Gasteiger partial charge in [-0.1, -0.05) is 187 Å². The van der Waals surface area contributed by atoms with Crippen LogP contribution in [0.15, 0.2) is 18.7 Å². The average Bonchev–Trinajstić information content (AvgIpc) is 3.63. The molecule has 1 unspecified atom stereocenters. The molecular formula is C53H109ClN2. The molecule has 0 bridgehead atoms. The summed E-state index contributed by atoms with van der Waals surface area (Å²) in [6.07, 6.45) is 51.6. The SMILES string of the molecule is C#CC#CC#CC#CC#CC#CC#CC#CC(CCCC(CCCCCCCCCCCCCC)CCCCCCCCCCCCCC)n1cc[n+](C)c1.[Cl-].[HH].[HH].[HH].[HH].[HH].[HH].[HH].[HH].[HH].[HH].[HH].[HH].[HH].[HH].[HH].[HH].[HH].[HH]. The van der Waals surface area contributed by atoms with Gasteiger partial charge in [0.15, 0.2) is 6.04 Å². The molecule has 1 aromatic heterocycles. The number of imidazole rings is 1. The Morgan fingerprint density at radius 3 is 1.16 bits per heavy atom. The molecule has 0 saturated carbocycles. The lowest BCUT2D eigenvalue weighted by molar-refractivity contribution is -0.671. The van der Waals surface area contributed by atoms with Crippen molar-refractivity contribution in [3.8, 4) is 95.2 Å². The van der Waals surface area contributed by atoms with Gasteiger partial charge in [-0.05, 0) is 108 Å². The summed E-state index contributed by atoms with van der Waals surface area (Å²) in [5.41, 5.74) is 0. The van der Waals surface area contributed by atoms with E-state index in [0.29, 0.717) is 0 Å². The van der Waals surface area contributed by atoms with Crippen molar-refractivity contribution < 1.29 is 42.7 Å². The Hall–Kier alpha value is -4.02. The van der Waals surface area contributed by atoms with E-state index in [2.05, 4.69) is 138 Å². The predicted octanol–water partition coefficient (Wildman–Crippen LogP) is 13.9. The average molecular weight is 810 g/mol. The standard InChI is InChI=1S/C53H73N2.ClH.18H2/c1-5-8-11-14-17-20-23-26-27-30-33-36-39-42-47-53(55-50-49-54(4)51-55)48-43-46-52(44-40-37-34-31-28-24-21-18-15-12-9-6-2)45-41-38-35-32-29-25-22-19-16-13-10-7-3;;;;;;;;;;;;;;;;;;;/h1,49-53H,6-7,9-10,12-13,15-16,18-19,21-22,24-25,28-29,31-32,34-35,37-38,40-41,43-46,48H2,2-4H3;19*1H/q+1;;;;;;;;;;;;;;;;;;;/p-1. The van der Waals surface area contributed by atoms with Gasteiger partial charge in [0, 0.05) is 25.7 Å². The fourth-order valence-corrected chi connectivity index (χ4v) is 7.03. The first kappa shape index (κ1) is 52.0. The van der Waals surface area contributed by atoms with Crippen molar-refractivity contribution in [2.45, 2.75) is 206 Å². The van der Waals surface area contributed by atoms with Crippen LogP contribution in [0.4, 0.5) is 0 Å². The first-order valence-electron chi connectivity index (χ1n) is 22.2. The van der Waals surface area contributed by atoms with Crippen LogP contribution in [0, 0.1) is 101 Å². The molecule has 338 valence electrons. The first-order valence-corrected chi connectivity index (χ1v) is 22.2. The van der Waals surface area contributed by atoms with Gasteiger partial charge in [-0.2, -0.15) is 0 Å². The van der Waals surface area contributed by atoms with Crippen LogP contribution in [0.1, 0.15) is 232 Å². The van der Waals surface area contributed by atoms with Crippen molar-refractivity contribution in [2.75, 3.05) is 0 Å². The molecule has 56 heavy (non-hydrogen) atoms. The Labute approximate surface area is 379 Å². The van der Waals surface area contributed by atoms with Crippen LogP contribution in [-0.2, 0) is 7.05 Å². The molecule has 0 aliphatic carbocycles. The lowest BCUT2D eigenvalue weighted by atomic mass is 9.89. The van der Waals surface area contributed by atoms with Crippen molar-refractivity contribution in [3.63, 3.8) is 0 Å². The topological polar surface area (TPSA) is 8.81 Å². The third-order valence-electron chi connectivity index (χ3n) is 10.2. The van der Waals surface area contributed by atoms with E-state index in [1.54, 1.807) is 0 Å². The molecular weight excluding hydrogens is 700 g/mol. The van der Waals surface area contributed by atoms with Crippen molar-refractivity contribution in [3.05, 3.63) is 18.7 Å². The molecule has 3 heteroatoms. The summed E-state index contributed by atoms with van der Waals surface area (Å²) < 4.78 is 4.30. The number of nitrogens with zero attached hydrogens (tertiary/aromatic N) is 2. The van der Waals surface area contributed by atoms with E-state index in [4.69, 9.17) is 6.42 Å². The molecule has 0 aliphatic rings. The highest BCUT2D eigenvalue weighted by Gasteiger charge is 2.16. The first-order chi connectivity index (χ1) is 27.2. The molecule has 2 nitrogen and oxygen atoms in total. The van der Waals surface area contributed by atoms with Gasteiger partial charge in [0.1, 0.15) is 12.4 Å². The predicted molar refractivity (Wildman–Crippen MR) is 275 cm³/mol. The minimum absolute atomic E-state index is 0. The third-order valence-corrected chi connectivity index (χ3v) is 10.2. The Morgan fingerprint density at radius 2 is 0.804 bits per heavy atom. The molecule has 1 atom stereocenters. The fraction of sp³-hybridized carbons (Fsp3) is 0.642. The number of terminal acetylenes is 1. The van der Waals surface area contributed by atoms with Gasteiger partial charge in [0.25, 0.3) is 0 Å². The molecule has 1 heterocycles. The van der Waals surface area contributed by atoms with Crippen molar-refractivity contribution in [2.24, 2.45) is 13.0 Å². The highest BCUT2D eigenvalue weighted by atomic mass is 35.5. The number of hydrogen-bond acceptors (Lipinski definition) is 0. The molecule has 1 aromatic rings.